The molecule has 3 rings (SSSR count). The number of anilines is 1. The van der Waals surface area contributed by atoms with Gasteiger partial charge in [0.15, 0.2) is 11.5 Å². The zero-order chi connectivity index (χ0) is 15.0. The summed E-state index contributed by atoms with van der Waals surface area (Å²) in [5, 5.41) is 7.27. The molecule has 0 atom stereocenters. The summed E-state index contributed by atoms with van der Waals surface area (Å²) in [6.45, 7) is 4.18. The van der Waals surface area contributed by atoms with Gasteiger partial charge in [-0.3, -0.25) is 9.48 Å². The molecule has 0 saturated heterocycles. The molecule has 0 fully saturated rings. The van der Waals surface area contributed by atoms with Crippen LogP contribution in [0.4, 0.5) is 5.82 Å². The maximum Gasteiger partial charge on any atom is 0.256 e. The molecule has 1 aliphatic heterocycles. The predicted octanol–water partition coefficient (Wildman–Crippen LogP) is 2.27. The SMILES string of the molecule is CCc1c(C)nn(C)c1NC(=O)c1ccc2c(c1)OCO2. The Labute approximate surface area is 122 Å². The number of benzene rings is 1. The minimum Gasteiger partial charge on any atom is -0.454 e. The van der Waals surface area contributed by atoms with Crippen LogP contribution in [0.1, 0.15) is 28.5 Å². The van der Waals surface area contributed by atoms with E-state index in [1.54, 1.807) is 22.9 Å². The lowest BCUT2D eigenvalue weighted by Gasteiger charge is -2.08. The molecule has 0 saturated carbocycles. The number of fused-ring (bicyclic) bond motifs is 1. The first-order valence-electron chi connectivity index (χ1n) is 6.83. The van der Waals surface area contributed by atoms with Gasteiger partial charge in [0.25, 0.3) is 5.91 Å². The number of amides is 1. The highest BCUT2D eigenvalue weighted by Gasteiger charge is 2.18. The fraction of sp³-hybridized carbons (Fsp3) is 0.333. The molecule has 0 aliphatic carbocycles. The number of aromatic nitrogens is 2. The Morgan fingerprint density at radius 1 is 1.38 bits per heavy atom. The standard InChI is InChI=1S/C15H17N3O3/c1-4-11-9(2)17-18(3)14(11)16-15(19)10-5-6-12-13(7-10)21-8-20-12/h5-7H,4,8H2,1-3H3,(H,16,19). The zero-order valence-electron chi connectivity index (χ0n) is 12.3. The molecule has 21 heavy (non-hydrogen) atoms. The van der Waals surface area contributed by atoms with Crippen LogP contribution in [0.3, 0.4) is 0 Å². The third-order valence-electron chi connectivity index (χ3n) is 3.57. The molecular formula is C15H17N3O3. The van der Waals surface area contributed by atoms with Crippen molar-refractivity contribution >= 4 is 11.7 Å². The third-order valence-corrected chi connectivity index (χ3v) is 3.57. The summed E-state index contributed by atoms with van der Waals surface area (Å²) in [4.78, 5) is 12.4. The Bertz CT molecular complexity index is 706. The summed E-state index contributed by atoms with van der Waals surface area (Å²) in [6, 6.07) is 5.15. The van der Waals surface area contributed by atoms with Crippen molar-refractivity contribution in [3.63, 3.8) is 0 Å². The molecule has 1 aromatic carbocycles. The minimum atomic E-state index is -0.189. The van der Waals surface area contributed by atoms with Crippen LogP contribution < -0.4 is 14.8 Å². The Morgan fingerprint density at radius 2 is 2.14 bits per heavy atom. The number of carbonyl (C=O) groups is 1. The van der Waals surface area contributed by atoms with Gasteiger partial charge in [-0.05, 0) is 31.5 Å². The van der Waals surface area contributed by atoms with Gasteiger partial charge >= 0.3 is 0 Å². The third kappa shape index (κ3) is 2.33. The quantitative estimate of drug-likeness (QED) is 0.940. The summed E-state index contributed by atoms with van der Waals surface area (Å²) < 4.78 is 12.2. The average molecular weight is 287 g/mol. The lowest BCUT2D eigenvalue weighted by Crippen LogP contribution is -2.15. The molecule has 6 nitrogen and oxygen atoms in total. The summed E-state index contributed by atoms with van der Waals surface area (Å²) in [5.41, 5.74) is 2.51. The number of hydrogen-bond donors (Lipinski definition) is 1. The maximum absolute atomic E-state index is 12.4. The predicted molar refractivity (Wildman–Crippen MR) is 77.8 cm³/mol. The van der Waals surface area contributed by atoms with Crippen LogP contribution in [0.2, 0.25) is 0 Å². The van der Waals surface area contributed by atoms with Crippen molar-refractivity contribution in [2.75, 3.05) is 12.1 Å². The van der Waals surface area contributed by atoms with Crippen molar-refractivity contribution in [2.24, 2.45) is 7.05 Å². The minimum absolute atomic E-state index is 0.189. The lowest BCUT2D eigenvalue weighted by molar-refractivity contribution is 0.102. The van der Waals surface area contributed by atoms with Gasteiger partial charge in [0.1, 0.15) is 5.82 Å². The van der Waals surface area contributed by atoms with Crippen molar-refractivity contribution in [3.8, 4) is 11.5 Å². The molecule has 1 aliphatic rings. The van der Waals surface area contributed by atoms with Crippen LogP contribution in [-0.4, -0.2) is 22.5 Å². The monoisotopic (exact) mass is 287 g/mol. The molecule has 0 unspecified atom stereocenters. The van der Waals surface area contributed by atoms with Gasteiger partial charge in [-0.15, -0.1) is 0 Å². The lowest BCUT2D eigenvalue weighted by atomic mass is 10.1. The second kappa shape index (κ2) is 5.12. The van der Waals surface area contributed by atoms with Gasteiger partial charge in [0, 0.05) is 18.2 Å². The highest BCUT2D eigenvalue weighted by molar-refractivity contribution is 6.04. The molecular weight excluding hydrogens is 270 g/mol. The Hall–Kier alpha value is -2.50. The maximum atomic E-state index is 12.4. The van der Waals surface area contributed by atoms with E-state index in [2.05, 4.69) is 10.4 Å². The van der Waals surface area contributed by atoms with Crippen molar-refractivity contribution in [1.29, 1.82) is 0 Å². The van der Waals surface area contributed by atoms with Crippen molar-refractivity contribution in [1.82, 2.24) is 9.78 Å². The molecule has 1 aromatic heterocycles. The van der Waals surface area contributed by atoms with E-state index in [9.17, 15) is 4.79 Å². The first kappa shape index (κ1) is 13.5. The van der Waals surface area contributed by atoms with E-state index in [0.29, 0.717) is 17.1 Å². The number of rotatable bonds is 3. The van der Waals surface area contributed by atoms with Crippen molar-refractivity contribution in [2.45, 2.75) is 20.3 Å². The number of nitrogens with one attached hydrogen (secondary N) is 1. The van der Waals surface area contributed by atoms with E-state index >= 15 is 0 Å². The van der Waals surface area contributed by atoms with Gasteiger partial charge < -0.3 is 14.8 Å². The number of hydrogen-bond acceptors (Lipinski definition) is 4. The van der Waals surface area contributed by atoms with Crippen LogP contribution in [0.5, 0.6) is 11.5 Å². The number of nitrogens with zero attached hydrogens (tertiary/aromatic N) is 2. The molecule has 0 spiro atoms. The van der Waals surface area contributed by atoms with Crippen molar-refractivity contribution in [3.05, 3.63) is 35.0 Å². The number of carbonyl (C=O) groups excluding carboxylic acids is 1. The molecule has 0 bridgehead atoms. The topological polar surface area (TPSA) is 65.4 Å². The second-order valence-electron chi connectivity index (χ2n) is 4.91. The average Bonchev–Trinajstić information content (AvgIpc) is 3.03. The van der Waals surface area contributed by atoms with Crippen LogP contribution >= 0.6 is 0 Å². The van der Waals surface area contributed by atoms with Gasteiger partial charge in [0.2, 0.25) is 6.79 Å². The van der Waals surface area contributed by atoms with Crippen LogP contribution in [0.25, 0.3) is 0 Å². The van der Waals surface area contributed by atoms with E-state index < -0.39 is 0 Å². The molecule has 2 aromatic rings. The summed E-state index contributed by atoms with van der Waals surface area (Å²) in [7, 11) is 1.82. The van der Waals surface area contributed by atoms with E-state index in [1.165, 1.54) is 0 Å². The molecule has 6 heteroatoms. The van der Waals surface area contributed by atoms with Gasteiger partial charge in [-0.2, -0.15) is 5.10 Å². The van der Waals surface area contributed by atoms with E-state index in [4.69, 9.17) is 9.47 Å². The normalized spacial score (nSPS) is 12.5. The second-order valence-corrected chi connectivity index (χ2v) is 4.91. The number of ether oxygens (including phenoxy) is 2. The van der Waals surface area contributed by atoms with Gasteiger partial charge in [-0.25, -0.2) is 0 Å². The smallest absolute Gasteiger partial charge is 0.256 e. The molecule has 2 heterocycles. The highest BCUT2D eigenvalue weighted by Crippen LogP contribution is 2.32. The molecule has 0 radical (unpaired) electrons. The fourth-order valence-electron chi connectivity index (χ4n) is 2.50. The van der Waals surface area contributed by atoms with Crippen LogP contribution in [0.15, 0.2) is 18.2 Å². The zero-order valence-corrected chi connectivity index (χ0v) is 12.3. The van der Waals surface area contributed by atoms with Crippen LogP contribution in [-0.2, 0) is 13.5 Å². The Kier molecular flexibility index (Phi) is 3.29. The van der Waals surface area contributed by atoms with Gasteiger partial charge in [0.05, 0.1) is 5.69 Å². The molecule has 110 valence electrons. The summed E-state index contributed by atoms with van der Waals surface area (Å²) in [5.74, 6) is 1.81. The first-order valence-corrected chi connectivity index (χ1v) is 6.83. The Morgan fingerprint density at radius 3 is 2.90 bits per heavy atom. The number of aryl methyl sites for hydroxylation is 2. The van der Waals surface area contributed by atoms with Crippen LogP contribution in [0, 0.1) is 6.92 Å². The Balaban J connectivity index is 1.87. The van der Waals surface area contributed by atoms with E-state index in [1.807, 2.05) is 20.9 Å². The molecule has 1 N–H and O–H groups in total. The van der Waals surface area contributed by atoms with Crippen molar-refractivity contribution < 1.29 is 14.3 Å². The molecule has 1 amide bonds. The summed E-state index contributed by atoms with van der Waals surface area (Å²) in [6.07, 6.45) is 0.816. The highest BCUT2D eigenvalue weighted by atomic mass is 16.7. The summed E-state index contributed by atoms with van der Waals surface area (Å²) >= 11 is 0. The van der Waals surface area contributed by atoms with Gasteiger partial charge in [-0.1, -0.05) is 6.92 Å². The first-order chi connectivity index (χ1) is 10.1. The van der Waals surface area contributed by atoms with E-state index in [0.717, 1.165) is 23.5 Å². The fourth-order valence-corrected chi connectivity index (χ4v) is 2.50. The largest absolute Gasteiger partial charge is 0.454 e. The van der Waals surface area contributed by atoms with E-state index in [-0.39, 0.29) is 12.7 Å².